The summed E-state index contributed by atoms with van der Waals surface area (Å²) in [6, 6.07) is 0.233. The molecular weight excluding hydrogens is 186 g/mol. The van der Waals surface area contributed by atoms with E-state index < -0.39 is 0 Å². The van der Waals surface area contributed by atoms with E-state index in [0.29, 0.717) is 0 Å². The first kappa shape index (κ1) is 9.26. The lowest BCUT2D eigenvalue weighted by atomic mass is 9.93. The molecule has 0 radical (unpaired) electrons. The SMILES string of the molecule is Oc1nonc1NC1CCC(O)CC1. The van der Waals surface area contributed by atoms with E-state index in [2.05, 4.69) is 20.3 Å². The van der Waals surface area contributed by atoms with Crippen LogP contribution in [0.5, 0.6) is 5.88 Å². The molecule has 0 amide bonds. The Balaban J connectivity index is 1.89. The molecule has 2 rings (SSSR count). The van der Waals surface area contributed by atoms with Crippen LogP contribution in [0, 0.1) is 0 Å². The van der Waals surface area contributed by atoms with Crippen molar-refractivity contribution in [2.75, 3.05) is 5.32 Å². The summed E-state index contributed by atoms with van der Waals surface area (Å²) in [6.45, 7) is 0. The van der Waals surface area contributed by atoms with Crippen molar-refractivity contribution in [1.82, 2.24) is 10.3 Å². The van der Waals surface area contributed by atoms with Crippen molar-refractivity contribution in [3.8, 4) is 5.88 Å². The molecule has 1 aromatic heterocycles. The van der Waals surface area contributed by atoms with Crippen LogP contribution in [0.1, 0.15) is 25.7 Å². The molecule has 0 saturated heterocycles. The number of aliphatic hydroxyl groups is 1. The molecule has 3 N–H and O–H groups in total. The minimum absolute atomic E-state index is 0.183. The van der Waals surface area contributed by atoms with Gasteiger partial charge >= 0.3 is 0 Å². The Hall–Kier alpha value is -1.30. The van der Waals surface area contributed by atoms with Crippen LogP contribution in [0.4, 0.5) is 5.82 Å². The molecule has 0 aliphatic heterocycles. The minimum atomic E-state index is -0.212. The first-order chi connectivity index (χ1) is 6.75. The van der Waals surface area contributed by atoms with Gasteiger partial charge in [-0.2, -0.15) is 0 Å². The number of hydrogen-bond acceptors (Lipinski definition) is 6. The van der Waals surface area contributed by atoms with Crippen LogP contribution >= 0.6 is 0 Å². The van der Waals surface area contributed by atoms with E-state index >= 15 is 0 Å². The van der Waals surface area contributed by atoms with E-state index in [0.717, 1.165) is 25.7 Å². The third kappa shape index (κ3) is 1.95. The Labute approximate surface area is 80.9 Å². The lowest BCUT2D eigenvalue weighted by Gasteiger charge is -2.25. The maximum Gasteiger partial charge on any atom is 0.297 e. The fourth-order valence-electron chi connectivity index (χ4n) is 1.69. The summed E-state index contributed by atoms with van der Waals surface area (Å²) in [4.78, 5) is 0. The van der Waals surface area contributed by atoms with Gasteiger partial charge in [-0.25, -0.2) is 4.63 Å². The molecule has 6 nitrogen and oxygen atoms in total. The van der Waals surface area contributed by atoms with Gasteiger partial charge in [0.25, 0.3) is 5.88 Å². The Kier molecular flexibility index (Phi) is 2.53. The number of hydrogen-bond donors (Lipinski definition) is 3. The third-order valence-electron chi connectivity index (χ3n) is 2.51. The Morgan fingerprint density at radius 3 is 2.50 bits per heavy atom. The molecule has 78 valence electrons. The molecule has 0 unspecified atom stereocenters. The summed E-state index contributed by atoms with van der Waals surface area (Å²) >= 11 is 0. The van der Waals surface area contributed by atoms with Gasteiger partial charge in [0, 0.05) is 6.04 Å². The van der Waals surface area contributed by atoms with E-state index in [4.69, 9.17) is 5.11 Å². The van der Waals surface area contributed by atoms with E-state index in [-0.39, 0.29) is 23.8 Å². The van der Waals surface area contributed by atoms with Crippen molar-refractivity contribution in [1.29, 1.82) is 0 Å². The monoisotopic (exact) mass is 199 g/mol. The first-order valence-electron chi connectivity index (χ1n) is 4.72. The molecule has 0 bridgehead atoms. The highest BCUT2D eigenvalue weighted by Gasteiger charge is 2.21. The summed E-state index contributed by atoms with van der Waals surface area (Å²) in [6.07, 6.45) is 3.12. The number of rotatable bonds is 2. The number of anilines is 1. The summed E-state index contributed by atoms with van der Waals surface area (Å²) < 4.78 is 4.35. The summed E-state index contributed by atoms with van der Waals surface area (Å²) in [5.41, 5.74) is 0. The van der Waals surface area contributed by atoms with Crippen LogP contribution in [-0.2, 0) is 0 Å². The van der Waals surface area contributed by atoms with Crippen molar-refractivity contribution in [3.63, 3.8) is 0 Å². The molecule has 1 aromatic rings. The summed E-state index contributed by atoms with van der Waals surface area (Å²) in [5, 5.41) is 28.2. The van der Waals surface area contributed by atoms with E-state index in [1.807, 2.05) is 0 Å². The lowest BCUT2D eigenvalue weighted by molar-refractivity contribution is 0.126. The van der Waals surface area contributed by atoms with E-state index in [1.165, 1.54) is 0 Å². The molecule has 1 heterocycles. The average Bonchev–Trinajstić information content (AvgIpc) is 2.56. The fraction of sp³-hybridized carbons (Fsp3) is 0.750. The second-order valence-electron chi connectivity index (χ2n) is 3.59. The lowest BCUT2D eigenvalue weighted by Crippen LogP contribution is -2.28. The van der Waals surface area contributed by atoms with Crippen LogP contribution in [0.3, 0.4) is 0 Å². The van der Waals surface area contributed by atoms with Gasteiger partial charge in [0.2, 0.25) is 5.82 Å². The van der Waals surface area contributed by atoms with Gasteiger partial charge in [-0.3, -0.25) is 0 Å². The number of aromatic nitrogens is 2. The van der Waals surface area contributed by atoms with Crippen LogP contribution in [0.25, 0.3) is 0 Å². The maximum absolute atomic E-state index is 9.28. The Morgan fingerprint density at radius 1 is 1.21 bits per heavy atom. The largest absolute Gasteiger partial charge is 0.488 e. The number of aliphatic hydroxyl groups excluding tert-OH is 1. The van der Waals surface area contributed by atoms with E-state index in [9.17, 15) is 5.11 Å². The maximum atomic E-state index is 9.28. The van der Waals surface area contributed by atoms with Crippen molar-refractivity contribution < 1.29 is 14.8 Å². The standard InChI is InChI=1S/C8H13N3O3/c12-6-3-1-5(2-4-6)9-7-8(13)11-14-10-7/h5-6,12H,1-4H2,(H,9,10)(H,11,13). The molecular formula is C8H13N3O3. The molecule has 0 spiro atoms. The molecule has 6 heteroatoms. The first-order valence-corrected chi connectivity index (χ1v) is 4.72. The fourth-order valence-corrected chi connectivity index (χ4v) is 1.69. The number of nitrogens with one attached hydrogen (secondary N) is 1. The average molecular weight is 199 g/mol. The molecule has 1 saturated carbocycles. The van der Waals surface area contributed by atoms with Crippen molar-refractivity contribution >= 4 is 5.82 Å². The van der Waals surface area contributed by atoms with Crippen LogP contribution < -0.4 is 5.32 Å². The van der Waals surface area contributed by atoms with Gasteiger partial charge in [-0.1, -0.05) is 0 Å². The summed E-state index contributed by atoms with van der Waals surface area (Å²) in [7, 11) is 0. The third-order valence-corrected chi connectivity index (χ3v) is 2.51. The van der Waals surface area contributed by atoms with E-state index in [1.54, 1.807) is 0 Å². The minimum Gasteiger partial charge on any atom is -0.488 e. The van der Waals surface area contributed by atoms with Gasteiger partial charge in [-0.15, -0.1) is 0 Å². The molecule has 0 atom stereocenters. The summed E-state index contributed by atoms with van der Waals surface area (Å²) in [5.74, 6) is 0.0718. The topological polar surface area (TPSA) is 91.4 Å². The Bertz CT molecular complexity index is 294. The van der Waals surface area contributed by atoms with Gasteiger partial charge in [0.05, 0.1) is 6.10 Å². The normalized spacial score (nSPS) is 27.5. The predicted octanol–water partition coefficient (Wildman–Crippen LogP) is 0.491. The van der Waals surface area contributed by atoms with Gasteiger partial charge in [-0.05, 0) is 36.0 Å². The molecule has 1 fully saturated rings. The molecule has 1 aliphatic rings. The second kappa shape index (κ2) is 3.83. The molecule has 0 aromatic carbocycles. The van der Waals surface area contributed by atoms with Gasteiger partial charge < -0.3 is 15.5 Å². The number of aromatic hydroxyl groups is 1. The quantitative estimate of drug-likeness (QED) is 0.642. The predicted molar refractivity (Wildman–Crippen MR) is 47.8 cm³/mol. The smallest absolute Gasteiger partial charge is 0.297 e. The molecule has 14 heavy (non-hydrogen) atoms. The van der Waals surface area contributed by atoms with Crippen molar-refractivity contribution in [2.45, 2.75) is 37.8 Å². The van der Waals surface area contributed by atoms with Crippen molar-refractivity contribution in [2.24, 2.45) is 0 Å². The highest BCUT2D eigenvalue weighted by molar-refractivity contribution is 5.42. The van der Waals surface area contributed by atoms with Gasteiger partial charge in [0.15, 0.2) is 0 Å². The highest BCUT2D eigenvalue weighted by atomic mass is 16.6. The highest BCUT2D eigenvalue weighted by Crippen LogP contribution is 2.24. The van der Waals surface area contributed by atoms with Crippen LogP contribution in [0.2, 0.25) is 0 Å². The van der Waals surface area contributed by atoms with Crippen LogP contribution in [-0.4, -0.2) is 32.7 Å². The molecule has 1 aliphatic carbocycles. The Morgan fingerprint density at radius 2 is 1.93 bits per heavy atom. The zero-order valence-corrected chi connectivity index (χ0v) is 7.68. The van der Waals surface area contributed by atoms with Gasteiger partial charge in [0.1, 0.15) is 0 Å². The van der Waals surface area contributed by atoms with Crippen LogP contribution in [0.15, 0.2) is 4.63 Å². The zero-order valence-electron chi connectivity index (χ0n) is 7.68. The number of nitrogens with zero attached hydrogens (tertiary/aromatic N) is 2. The zero-order chi connectivity index (χ0) is 9.97. The second-order valence-corrected chi connectivity index (χ2v) is 3.59. The van der Waals surface area contributed by atoms with Crippen molar-refractivity contribution in [3.05, 3.63) is 0 Å².